The number of fused-ring (bicyclic) bond motifs is 1. The summed E-state index contributed by atoms with van der Waals surface area (Å²) in [6.07, 6.45) is 1.07. The fourth-order valence-corrected chi connectivity index (χ4v) is 2.34. The molecular formula is C12H13N3O. The number of aromatic nitrogens is 2. The quantitative estimate of drug-likeness (QED) is 0.746. The van der Waals surface area contributed by atoms with Crippen LogP contribution in [0.2, 0.25) is 0 Å². The van der Waals surface area contributed by atoms with Crippen molar-refractivity contribution in [3.63, 3.8) is 0 Å². The predicted octanol–water partition coefficient (Wildman–Crippen LogP) is 1.000. The summed E-state index contributed by atoms with van der Waals surface area (Å²) in [6, 6.07) is 7.79. The zero-order chi connectivity index (χ0) is 11.0. The molecule has 0 radical (unpaired) electrons. The van der Waals surface area contributed by atoms with Gasteiger partial charge in [-0.2, -0.15) is 4.98 Å². The zero-order valence-electron chi connectivity index (χ0n) is 8.86. The number of benzene rings is 1. The van der Waals surface area contributed by atoms with Crippen molar-refractivity contribution in [2.45, 2.75) is 12.3 Å². The van der Waals surface area contributed by atoms with Crippen LogP contribution < -0.4 is 11.0 Å². The molecule has 0 amide bonds. The Morgan fingerprint density at radius 1 is 1.31 bits per heavy atom. The van der Waals surface area contributed by atoms with Crippen molar-refractivity contribution in [2.75, 3.05) is 13.1 Å². The van der Waals surface area contributed by atoms with Crippen LogP contribution in [0.4, 0.5) is 0 Å². The molecule has 1 aliphatic rings. The summed E-state index contributed by atoms with van der Waals surface area (Å²) in [7, 11) is 0. The van der Waals surface area contributed by atoms with Crippen LogP contribution in [0, 0.1) is 0 Å². The van der Waals surface area contributed by atoms with Gasteiger partial charge in [-0.05, 0) is 19.0 Å². The molecule has 0 aliphatic carbocycles. The minimum atomic E-state index is -0.249. The van der Waals surface area contributed by atoms with E-state index in [2.05, 4.69) is 15.3 Å². The molecule has 1 atom stereocenters. The van der Waals surface area contributed by atoms with E-state index in [9.17, 15) is 4.79 Å². The van der Waals surface area contributed by atoms with Crippen LogP contribution in [-0.4, -0.2) is 23.1 Å². The van der Waals surface area contributed by atoms with Crippen molar-refractivity contribution >= 4 is 10.9 Å². The molecule has 0 bridgehead atoms. The minimum Gasteiger partial charge on any atom is -0.316 e. The number of aromatic amines is 1. The fourth-order valence-electron chi connectivity index (χ4n) is 2.34. The summed E-state index contributed by atoms with van der Waals surface area (Å²) in [5.41, 5.74) is 1.56. The Labute approximate surface area is 92.7 Å². The average Bonchev–Trinajstić information content (AvgIpc) is 2.81. The van der Waals surface area contributed by atoms with E-state index < -0.39 is 0 Å². The number of hydrogen-bond acceptors (Lipinski definition) is 3. The number of nitrogens with zero attached hydrogens (tertiary/aromatic N) is 1. The van der Waals surface area contributed by atoms with E-state index in [0.29, 0.717) is 5.92 Å². The third-order valence-electron chi connectivity index (χ3n) is 3.13. The average molecular weight is 215 g/mol. The van der Waals surface area contributed by atoms with Crippen LogP contribution in [-0.2, 0) is 0 Å². The summed E-state index contributed by atoms with van der Waals surface area (Å²) >= 11 is 0. The van der Waals surface area contributed by atoms with Crippen molar-refractivity contribution in [2.24, 2.45) is 0 Å². The Morgan fingerprint density at radius 2 is 2.19 bits per heavy atom. The molecule has 1 fully saturated rings. The maximum absolute atomic E-state index is 11.5. The standard InChI is InChI=1S/C12H13N3O/c16-12-14-10-4-2-1-3-9(10)11(15-12)8-5-6-13-7-8/h1-4,8,13H,5-7H2,(H,14,15,16). The lowest BCUT2D eigenvalue weighted by atomic mass is 10.0. The van der Waals surface area contributed by atoms with Gasteiger partial charge in [0, 0.05) is 23.5 Å². The Hall–Kier alpha value is -1.68. The maximum atomic E-state index is 11.5. The molecule has 1 aromatic heterocycles. The summed E-state index contributed by atoms with van der Waals surface area (Å²) < 4.78 is 0. The molecule has 2 heterocycles. The van der Waals surface area contributed by atoms with Gasteiger partial charge < -0.3 is 10.3 Å². The van der Waals surface area contributed by atoms with Crippen LogP contribution in [0.25, 0.3) is 10.9 Å². The predicted molar refractivity (Wildman–Crippen MR) is 62.6 cm³/mol. The maximum Gasteiger partial charge on any atom is 0.345 e. The first kappa shape index (κ1) is 9.54. The second kappa shape index (κ2) is 3.72. The van der Waals surface area contributed by atoms with E-state index in [-0.39, 0.29) is 5.69 Å². The molecule has 1 aliphatic heterocycles. The van der Waals surface area contributed by atoms with Gasteiger partial charge in [-0.3, -0.25) is 0 Å². The zero-order valence-corrected chi connectivity index (χ0v) is 8.86. The highest BCUT2D eigenvalue weighted by molar-refractivity contribution is 5.81. The van der Waals surface area contributed by atoms with Gasteiger partial charge in [0.25, 0.3) is 0 Å². The van der Waals surface area contributed by atoms with E-state index in [1.165, 1.54) is 0 Å². The van der Waals surface area contributed by atoms with Gasteiger partial charge >= 0.3 is 5.69 Å². The normalized spacial score (nSPS) is 20.4. The number of H-pyrrole nitrogens is 1. The van der Waals surface area contributed by atoms with Gasteiger partial charge in [-0.15, -0.1) is 0 Å². The van der Waals surface area contributed by atoms with Gasteiger partial charge in [0.05, 0.1) is 5.52 Å². The molecule has 3 rings (SSSR count). The van der Waals surface area contributed by atoms with Crippen LogP contribution in [0.15, 0.2) is 29.1 Å². The Kier molecular flexibility index (Phi) is 2.22. The topological polar surface area (TPSA) is 57.8 Å². The molecule has 1 aromatic carbocycles. The summed E-state index contributed by atoms with van der Waals surface area (Å²) in [6.45, 7) is 1.95. The molecule has 1 saturated heterocycles. The molecule has 16 heavy (non-hydrogen) atoms. The fraction of sp³-hybridized carbons (Fsp3) is 0.333. The molecule has 4 heteroatoms. The number of hydrogen-bond donors (Lipinski definition) is 2. The lowest BCUT2D eigenvalue weighted by Gasteiger charge is -2.10. The Balaban J connectivity index is 2.25. The summed E-state index contributed by atoms with van der Waals surface area (Å²) in [5, 5.41) is 4.38. The van der Waals surface area contributed by atoms with Crippen molar-refractivity contribution in [3.8, 4) is 0 Å². The Bertz CT molecular complexity index is 570. The summed E-state index contributed by atoms with van der Waals surface area (Å²) in [5.74, 6) is 0.403. The lowest BCUT2D eigenvalue weighted by molar-refractivity contribution is 0.735. The van der Waals surface area contributed by atoms with E-state index in [1.807, 2.05) is 24.3 Å². The first-order valence-corrected chi connectivity index (χ1v) is 5.54. The second-order valence-corrected chi connectivity index (χ2v) is 4.16. The molecular weight excluding hydrogens is 202 g/mol. The van der Waals surface area contributed by atoms with Gasteiger partial charge in [-0.25, -0.2) is 4.79 Å². The molecule has 2 N–H and O–H groups in total. The van der Waals surface area contributed by atoms with Crippen molar-refractivity contribution in [1.82, 2.24) is 15.3 Å². The number of rotatable bonds is 1. The second-order valence-electron chi connectivity index (χ2n) is 4.16. The van der Waals surface area contributed by atoms with Gasteiger partial charge in [0.1, 0.15) is 0 Å². The van der Waals surface area contributed by atoms with E-state index in [4.69, 9.17) is 0 Å². The highest BCUT2D eigenvalue weighted by Crippen LogP contribution is 2.25. The van der Waals surface area contributed by atoms with Gasteiger partial charge in [0.2, 0.25) is 0 Å². The molecule has 1 unspecified atom stereocenters. The van der Waals surface area contributed by atoms with Crippen molar-refractivity contribution in [3.05, 3.63) is 40.4 Å². The molecule has 0 spiro atoms. The van der Waals surface area contributed by atoms with E-state index >= 15 is 0 Å². The van der Waals surface area contributed by atoms with Crippen LogP contribution in [0.3, 0.4) is 0 Å². The molecule has 0 saturated carbocycles. The largest absolute Gasteiger partial charge is 0.345 e. The first-order valence-electron chi connectivity index (χ1n) is 5.54. The van der Waals surface area contributed by atoms with Crippen molar-refractivity contribution in [1.29, 1.82) is 0 Å². The summed E-state index contributed by atoms with van der Waals surface area (Å²) in [4.78, 5) is 18.3. The third kappa shape index (κ3) is 1.51. The van der Waals surface area contributed by atoms with Gasteiger partial charge in [0.15, 0.2) is 0 Å². The SMILES string of the molecule is O=c1nc2ccccc2c(C2CCNC2)[nH]1. The highest BCUT2D eigenvalue weighted by Gasteiger charge is 2.19. The van der Waals surface area contributed by atoms with E-state index in [1.54, 1.807) is 0 Å². The monoisotopic (exact) mass is 215 g/mol. The van der Waals surface area contributed by atoms with Crippen molar-refractivity contribution < 1.29 is 0 Å². The smallest absolute Gasteiger partial charge is 0.316 e. The molecule has 2 aromatic rings. The Morgan fingerprint density at radius 3 is 3.00 bits per heavy atom. The van der Waals surface area contributed by atoms with E-state index in [0.717, 1.165) is 36.1 Å². The molecule has 4 nitrogen and oxygen atoms in total. The highest BCUT2D eigenvalue weighted by atomic mass is 16.1. The number of nitrogens with one attached hydrogen (secondary N) is 2. The van der Waals surface area contributed by atoms with Crippen LogP contribution >= 0.6 is 0 Å². The van der Waals surface area contributed by atoms with Crippen LogP contribution in [0.1, 0.15) is 18.0 Å². The number of para-hydroxylation sites is 1. The van der Waals surface area contributed by atoms with Crippen LogP contribution in [0.5, 0.6) is 0 Å². The van der Waals surface area contributed by atoms with Gasteiger partial charge in [-0.1, -0.05) is 18.2 Å². The third-order valence-corrected chi connectivity index (χ3v) is 3.13. The first-order chi connectivity index (χ1) is 7.84. The lowest BCUT2D eigenvalue weighted by Crippen LogP contribution is -2.17. The minimum absolute atomic E-state index is 0.249. The molecule has 82 valence electrons.